The van der Waals surface area contributed by atoms with Gasteiger partial charge in [-0.25, -0.2) is 4.79 Å². The summed E-state index contributed by atoms with van der Waals surface area (Å²) in [7, 11) is 0. The van der Waals surface area contributed by atoms with Crippen LogP contribution >= 0.6 is 0 Å². The van der Waals surface area contributed by atoms with Crippen molar-refractivity contribution in [3.8, 4) is 0 Å². The molecule has 0 aliphatic carbocycles. The Bertz CT molecular complexity index is 467. The first-order valence-corrected chi connectivity index (χ1v) is 7.10. The van der Waals surface area contributed by atoms with Gasteiger partial charge in [0.25, 0.3) is 0 Å². The Morgan fingerprint density at radius 2 is 1.80 bits per heavy atom. The van der Waals surface area contributed by atoms with Crippen LogP contribution in [0, 0.1) is 5.92 Å². The Morgan fingerprint density at radius 3 is 2.35 bits per heavy atom. The van der Waals surface area contributed by atoms with Crippen LogP contribution in [-0.2, 0) is 11.2 Å². The lowest BCUT2D eigenvalue weighted by Crippen LogP contribution is -2.38. The molecule has 1 aromatic carbocycles. The zero-order valence-electron chi connectivity index (χ0n) is 12.3. The largest absolute Gasteiger partial charge is 0.478 e. The predicted octanol–water partition coefficient (Wildman–Crippen LogP) is 2.87. The van der Waals surface area contributed by atoms with Crippen LogP contribution in [0.25, 0.3) is 0 Å². The Labute approximate surface area is 120 Å². The van der Waals surface area contributed by atoms with E-state index in [4.69, 9.17) is 5.11 Å². The lowest BCUT2D eigenvalue weighted by Gasteiger charge is -2.22. The number of nitrogens with one attached hydrogen (secondary N) is 1. The van der Waals surface area contributed by atoms with Crippen LogP contribution in [0.3, 0.4) is 0 Å². The number of carboxylic acids is 1. The Balaban J connectivity index is 2.70. The molecule has 0 saturated carbocycles. The minimum atomic E-state index is -0.999. The molecule has 2 N–H and O–H groups in total. The number of benzene rings is 1. The second-order valence-electron chi connectivity index (χ2n) is 5.07. The smallest absolute Gasteiger partial charge is 0.335 e. The number of hydrogen-bond acceptors (Lipinski definition) is 2. The van der Waals surface area contributed by atoms with E-state index in [0.717, 1.165) is 12.8 Å². The number of rotatable bonds is 7. The third-order valence-corrected chi connectivity index (χ3v) is 3.74. The van der Waals surface area contributed by atoms with Gasteiger partial charge in [0.15, 0.2) is 0 Å². The topological polar surface area (TPSA) is 66.4 Å². The molecule has 0 aromatic heterocycles. The number of carbonyl (C=O) groups excluding carboxylic acids is 1. The number of hydrogen-bond donors (Lipinski definition) is 2. The quantitative estimate of drug-likeness (QED) is 0.805. The summed E-state index contributed by atoms with van der Waals surface area (Å²) in [4.78, 5) is 23.1. The molecule has 0 aliphatic rings. The van der Waals surface area contributed by atoms with E-state index in [1.54, 1.807) is 18.2 Å². The summed E-state index contributed by atoms with van der Waals surface area (Å²) in [5.74, 6) is -0.673. The van der Waals surface area contributed by atoms with Crippen LogP contribution in [-0.4, -0.2) is 23.0 Å². The third-order valence-electron chi connectivity index (χ3n) is 3.74. The van der Waals surface area contributed by atoms with Crippen LogP contribution in [0.2, 0.25) is 0 Å². The highest BCUT2D eigenvalue weighted by Crippen LogP contribution is 2.14. The van der Waals surface area contributed by atoms with Gasteiger partial charge in [0.1, 0.15) is 0 Å². The van der Waals surface area contributed by atoms with E-state index in [1.165, 1.54) is 6.07 Å². The van der Waals surface area contributed by atoms with Crippen LogP contribution in [0.15, 0.2) is 24.3 Å². The van der Waals surface area contributed by atoms with Gasteiger partial charge >= 0.3 is 5.97 Å². The first kappa shape index (κ1) is 16.2. The summed E-state index contributed by atoms with van der Waals surface area (Å²) in [6, 6.07) is 6.73. The summed E-state index contributed by atoms with van der Waals surface area (Å²) >= 11 is 0. The van der Waals surface area contributed by atoms with Crippen LogP contribution in [0.1, 0.15) is 49.5 Å². The van der Waals surface area contributed by atoms with Crippen molar-refractivity contribution in [1.29, 1.82) is 0 Å². The highest BCUT2D eigenvalue weighted by molar-refractivity contribution is 5.91. The van der Waals surface area contributed by atoms with Crippen LogP contribution in [0.4, 0.5) is 0 Å². The van der Waals surface area contributed by atoms with E-state index in [-0.39, 0.29) is 23.9 Å². The highest BCUT2D eigenvalue weighted by Gasteiger charge is 2.17. The van der Waals surface area contributed by atoms with E-state index in [1.807, 2.05) is 6.92 Å². The monoisotopic (exact) mass is 277 g/mol. The maximum atomic E-state index is 12.0. The van der Waals surface area contributed by atoms with Crippen molar-refractivity contribution in [3.63, 3.8) is 0 Å². The Kier molecular flexibility index (Phi) is 6.22. The maximum absolute atomic E-state index is 12.0. The summed E-state index contributed by atoms with van der Waals surface area (Å²) < 4.78 is 0. The molecule has 0 aliphatic heterocycles. The van der Waals surface area contributed by atoms with Crippen molar-refractivity contribution < 1.29 is 14.7 Å². The number of aromatic carboxylic acids is 1. The van der Waals surface area contributed by atoms with E-state index in [2.05, 4.69) is 19.2 Å². The fourth-order valence-corrected chi connectivity index (χ4v) is 2.47. The van der Waals surface area contributed by atoms with Gasteiger partial charge in [-0.1, -0.05) is 44.9 Å². The van der Waals surface area contributed by atoms with Gasteiger partial charge in [0.05, 0.1) is 12.0 Å². The lowest BCUT2D eigenvalue weighted by molar-refractivity contribution is -0.121. The minimum absolute atomic E-state index is 0.104. The van der Waals surface area contributed by atoms with E-state index < -0.39 is 5.97 Å². The van der Waals surface area contributed by atoms with Crippen LogP contribution in [0.5, 0.6) is 0 Å². The molecule has 20 heavy (non-hydrogen) atoms. The Hall–Kier alpha value is -1.84. The molecule has 0 spiro atoms. The van der Waals surface area contributed by atoms with Gasteiger partial charge < -0.3 is 10.4 Å². The fourth-order valence-electron chi connectivity index (χ4n) is 2.47. The third kappa shape index (κ3) is 4.37. The second kappa shape index (κ2) is 7.68. The molecule has 1 unspecified atom stereocenters. The van der Waals surface area contributed by atoms with Gasteiger partial charge in [-0.3, -0.25) is 4.79 Å². The zero-order chi connectivity index (χ0) is 15.1. The number of carbonyl (C=O) groups is 2. The van der Waals surface area contributed by atoms with Crippen molar-refractivity contribution in [1.82, 2.24) is 5.32 Å². The van der Waals surface area contributed by atoms with Crippen molar-refractivity contribution in [2.24, 2.45) is 5.92 Å². The maximum Gasteiger partial charge on any atom is 0.335 e. The van der Waals surface area contributed by atoms with Gasteiger partial charge in [-0.2, -0.15) is 0 Å². The SMILES string of the molecule is CCC(CC)C(C)NC(=O)Cc1ccccc1C(=O)O. The first-order chi connectivity index (χ1) is 9.49. The van der Waals surface area contributed by atoms with E-state index in [9.17, 15) is 9.59 Å². The van der Waals surface area contributed by atoms with Crippen molar-refractivity contribution in [2.75, 3.05) is 0 Å². The molecule has 1 rings (SSSR count). The number of amides is 1. The lowest BCUT2D eigenvalue weighted by atomic mass is 9.95. The number of carboxylic acid groups (broad SMARTS) is 1. The summed E-state index contributed by atoms with van der Waals surface area (Å²) in [5.41, 5.74) is 0.743. The molecule has 110 valence electrons. The molecule has 1 aromatic rings. The molecule has 0 saturated heterocycles. The summed E-state index contributed by atoms with van der Waals surface area (Å²) in [6.07, 6.45) is 2.14. The zero-order valence-corrected chi connectivity index (χ0v) is 12.3. The molecule has 0 fully saturated rings. The molecular formula is C16H23NO3. The normalized spacial score (nSPS) is 12.2. The van der Waals surface area contributed by atoms with E-state index in [0.29, 0.717) is 11.5 Å². The molecule has 4 nitrogen and oxygen atoms in total. The molecule has 0 bridgehead atoms. The summed E-state index contributed by atoms with van der Waals surface area (Å²) in [5, 5.41) is 12.1. The van der Waals surface area contributed by atoms with Crippen LogP contribution < -0.4 is 5.32 Å². The highest BCUT2D eigenvalue weighted by atomic mass is 16.4. The average Bonchev–Trinajstić information content (AvgIpc) is 2.40. The molecule has 1 atom stereocenters. The summed E-state index contributed by atoms with van der Waals surface area (Å²) in [6.45, 7) is 6.21. The predicted molar refractivity (Wildman–Crippen MR) is 78.8 cm³/mol. The van der Waals surface area contributed by atoms with Gasteiger partial charge in [0.2, 0.25) is 5.91 Å². The van der Waals surface area contributed by atoms with Crippen molar-refractivity contribution >= 4 is 11.9 Å². The Morgan fingerprint density at radius 1 is 1.20 bits per heavy atom. The van der Waals surface area contributed by atoms with Crippen molar-refractivity contribution in [3.05, 3.63) is 35.4 Å². The standard InChI is InChI=1S/C16H23NO3/c1-4-12(5-2)11(3)17-15(18)10-13-8-6-7-9-14(13)16(19)20/h6-9,11-12H,4-5,10H2,1-3H3,(H,17,18)(H,19,20). The average molecular weight is 277 g/mol. The molecule has 4 heteroatoms. The van der Waals surface area contributed by atoms with Crippen molar-refractivity contribution in [2.45, 2.75) is 46.1 Å². The molecule has 0 heterocycles. The minimum Gasteiger partial charge on any atom is -0.478 e. The second-order valence-corrected chi connectivity index (χ2v) is 5.07. The molecule has 0 radical (unpaired) electrons. The fraction of sp³-hybridized carbons (Fsp3) is 0.500. The van der Waals surface area contributed by atoms with Gasteiger partial charge in [-0.05, 0) is 24.5 Å². The molecule has 1 amide bonds. The van der Waals surface area contributed by atoms with E-state index >= 15 is 0 Å². The van der Waals surface area contributed by atoms with Gasteiger partial charge in [0, 0.05) is 6.04 Å². The first-order valence-electron chi connectivity index (χ1n) is 7.10. The molecular weight excluding hydrogens is 254 g/mol. The van der Waals surface area contributed by atoms with Gasteiger partial charge in [-0.15, -0.1) is 0 Å².